The first-order valence-corrected chi connectivity index (χ1v) is 7.79. The Morgan fingerprint density at radius 3 is 2.70 bits per heavy atom. The molecule has 0 fully saturated rings. The first-order chi connectivity index (χ1) is 12.8. The molecule has 12 nitrogen and oxygen atoms in total. The van der Waals surface area contributed by atoms with Crippen LogP contribution in [0.3, 0.4) is 0 Å². The number of carbonyl (C=O) groups excluding carboxylic acids is 1. The Labute approximate surface area is 150 Å². The van der Waals surface area contributed by atoms with E-state index in [1.165, 1.54) is 12.4 Å². The molecule has 0 aliphatic heterocycles. The number of imidazole rings is 1. The molecule has 0 radical (unpaired) electrons. The average molecular weight is 373 g/mol. The van der Waals surface area contributed by atoms with Gasteiger partial charge in [0.05, 0.1) is 28.3 Å². The van der Waals surface area contributed by atoms with Crippen LogP contribution in [-0.4, -0.2) is 36.8 Å². The number of non-ortho nitro benzene ring substituents is 1. The number of nitro benzene ring substituents is 1. The molecule has 0 aliphatic carbocycles. The summed E-state index contributed by atoms with van der Waals surface area (Å²) in [5, 5.41) is 13.7. The van der Waals surface area contributed by atoms with E-state index < -0.39 is 28.0 Å². The lowest BCUT2D eigenvalue weighted by Crippen LogP contribution is -2.41. The van der Waals surface area contributed by atoms with Crippen molar-refractivity contribution in [1.29, 1.82) is 0 Å². The number of nitrogens with one attached hydrogen (secondary N) is 4. The smallest absolute Gasteiger partial charge is 0.314 e. The van der Waals surface area contributed by atoms with Gasteiger partial charge in [0.1, 0.15) is 0 Å². The molecule has 2 heterocycles. The average Bonchev–Trinajstić information content (AvgIpc) is 3.13. The highest BCUT2D eigenvalue weighted by atomic mass is 16.6. The Kier molecular flexibility index (Phi) is 4.81. The predicted octanol–water partition coefficient (Wildman–Crippen LogP) is -0.966. The number of rotatable bonds is 6. The molecule has 1 amide bonds. The van der Waals surface area contributed by atoms with Crippen LogP contribution >= 0.6 is 0 Å². The summed E-state index contributed by atoms with van der Waals surface area (Å²) >= 11 is 0. The van der Waals surface area contributed by atoms with Gasteiger partial charge in [-0.2, -0.15) is 0 Å². The Morgan fingerprint density at radius 2 is 2.04 bits per heavy atom. The fourth-order valence-corrected chi connectivity index (χ4v) is 2.57. The maximum Gasteiger partial charge on any atom is 0.314 e. The standard InChI is InChI=1S/C15H15N7O5/c16-10(2-8-5-17-6-19-8)13(23)18-4-7-1-9(22(26)27)3-11-12(7)21-15(25)14(24)20-11/h1,3,5-6,10H,2,4,16H2,(H,17,19)(H,18,23)(H,20,24)(H,21,25)/t10-/m0/s1. The number of nitrogens with two attached hydrogens (primary N) is 1. The molecule has 0 unspecified atom stereocenters. The van der Waals surface area contributed by atoms with Crippen molar-refractivity contribution >= 4 is 22.6 Å². The molecule has 0 saturated heterocycles. The molecular formula is C15H15N7O5. The van der Waals surface area contributed by atoms with Crippen LogP contribution < -0.4 is 22.2 Å². The zero-order valence-electron chi connectivity index (χ0n) is 13.8. The lowest BCUT2D eigenvalue weighted by molar-refractivity contribution is -0.384. The summed E-state index contributed by atoms with van der Waals surface area (Å²) < 4.78 is 0. The SMILES string of the molecule is N[C@@H](Cc1cnc[nH]1)C(=O)NCc1cc([N+](=O)[O-])cc2[nH]c(=O)c(=O)[nH]c12. The van der Waals surface area contributed by atoms with Crippen LogP contribution in [0.4, 0.5) is 5.69 Å². The number of hydrogen-bond acceptors (Lipinski definition) is 7. The zero-order chi connectivity index (χ0) is 19.6. The zero-order valence-corrected chi connectivity index (χ0v) is 13.8. The first-order valence-electron chi connectivity index (χ1n) is 7.79. The minimum absolute atomic E-state index is 0.0832. The minimum Gasteiger partial charge on any atom is -0.351 e. The maximum absolute atomic E-state index is 12.2. The quantitative estimate of drug-likeness (QED) is 0.208. The van der Waals surface area contributed by atoms with E-state index in [0.29, 0.717) is 5.69 Å². The van der Waals surface area contributed by atoms with Crippen LogP contribution in [-0.2, 0) is 17.8 Å². The van der Waals surface area contributed by atoms with Crippen molar-refractivity contribution in [3.8, 4) is 0 Å². The number of H-pyrrole nitrogens is 3. The molecule has 12 heteroatoms. The fraction of sp³-hybridized carbons (Fsp3) is 0.200. The molecule has 0 bridgehead atoms. The molecule has 3 rings (SSSR count). The van der Waals surface area contributed by atoms with Gasteiger partial charge in [0.25, 0.3) is 5.69 Å². The number of nitro groups is 1. The van der Waals surface area contributed by atoms with Gasteiger partial charge in [-0.15, -0.1) is 0 Å². The van der Waals surface area contributed by atoms with E-state index in [9.17, 15) is 24.5 Å². The third-order valence-corrected chi connectivity index (χ3v) is 3.89. The minimum atomic E-state index is -0.931. The van der Waals surface area contributed by atoms with E-state index in [1.54, 1.807) is 6.20 Å². The largest absolute Gasteiger partial charge is 0.351 e. The van der Waals surface area contributed by atoms with Crippen molar-refractivity contribution in [3.63, 3.8) is 0 Å². The number of aromatic nitrogens is 4. The van der Waals surface area contributed by atoms with Gasteiger partial charge in [-0.3, -0.25) is 24.5 Å². The van der Waals surface area contributed by atoms with Crippen LogP contribution in [0.5, 0.6) is 0 Å². The second-order valence-electron chi connectivity index (χ2n) is 5.80. The van der Waals surface area contributed by atoms with Gasteiger partial charge >= 0.3 is 11.1 Å². The van der Waals surface area contributed by atoms with Gasteiger partial charge in [0.2, 0.25) is 5.91 Å². The summed E-state index contributed by atoms with van der Waals surface area (Å²) in [6.07, 6.45) is 3.24. The topological polar surface area (TPSA) is 193 Å². The summed E-state index contributed by atoms with van der Waals surface area (Å²) in [6, 6.07) is 1.47. The van der Waals surface area contributed by atoms with E-state index in [0.717, 1.165) is 6.07 Å². The number of fused-ring (bicyclic) bond motifs is 1. The second-order valence-corrected chi connectivity index (χ2v) is 5.80. The van der Waals surface area contributed by atoms with Crippen LogP contribution in [0.2, 0.25) is 0 Å². The second kappa shape index (κ2) is 7.21. The van der Waals surface area contributed by atoms with Gasteiger partial charge < -0.3 is 26.0 Å². The monoisotopic (exact) mass is 373 g/mol. The van der Waals surface area contributed by atoms with Crippen molar-refractivity contribution in [2.75, 3.05) is 0 Å². The molecule has 0 spiro atoms. The summed E-state index contributed by atoms with van der Waals surface area (Å²) in [5.74, 6) is -0.490. The molecular weight excluding hydrogens is 358 g/mol. The number of hydrogen-bond donors (Lipinski definition) is 5. The van der Waals surface area contributed by atoms with Crippen LogP contribution in [0.25, 0.3) is 11.0 Å². The third-order valence-electron chi connectivity index (χ3n) is 3.89. The molecule has 0 aliphatic rings. The summed E-state index contributed by atoms with van der Waals surface area (Å²) in [7, 11) is 0. The molecule has 6 N–H and O–H groups in total. The van der Waals surface area contributed by atoms with Crippen LogP contribution in [0, 0.1) is 10.1 Å². The Bertz CT molecular complexity index is 1120. The third kappa shape index (κ3) is 3.90. The Hall–Kier alpha value is -3.80. The molecule has 0 saturated carbocycles. The Morgan fingerprint density at radius 1 is 1.30 bits per heavy atom. The number of aromatic amines is 3. The van der Waals surface area contributed by atoms with Crippen molar-refractivity contribution in [1.82, 2.24) is 25.3 Å². The van der Waals surface area contributed by atoms with Crippen LogP contribution in [0.15, 0.2) is 34.2 Å². The molecule has 2 aromatic heterocycles. The van der Waals surface area contributed by atoms with Gasteiger partial charge in [0, 0.05) is 42.6 Å². The first kappa shape index (κ1) is 18.0. The number of nitrogens with zero attached hydrogens (tertiary/aromatic N) is 2. The van der Waals surface area contributed by atoms with E-state index >= 15 is 0 Å². The van der Waals surface area contributed by atoms with Crippen LogP contribution in [0.1, 0.15) is 11.3 Å². The van der Waals surface area contributed by atoms with Crippen molar-refractivity contribution in [2.24, 2.45) is 5.73 Å². The van der Waals surface area contributed by atoms with E-state index in [1.807, 2.05) is 0 Å². The van der Waals surface area contributed by atoms with Gasteiger partial charge in [-0.1, -0.05) is 0 Å². The molecule has 27 heavy (non-hydrogen) atoms. The summed E-state index contributed by atoms with van der Waals surface area (Å²) in [5.41, 5.74) is 4.92. The van der Waals surface area contributed by atoms with Crippen molar-refractivity contribution < 1.29 is 9.72 Å². The number of amides is 1. The number of carbonyl (C=O) groups is 1. The highest BCUT2D eigenvalue weighted by Gasteiger charge is 2.17. The normalized spacial score (nSPS) is 12.0. The van der Waals surface area contributed by atoms with E-state index in [2.05, 4.69) is 25.3 Å². The number of benzene rings is 1. The fourth-order valence-electron chi connectivity index (χ4n) is 2.57. The molecule has 3 aromatic rings. The van der Waals surface area contributed by atoms with E-state index in [4.69, 9.17) is 5.73 Å². The highest BCUT2D eigenvalue weighted by molar-refractivity contribution is 5.84. The van der Waals surface area contributed by atoms with Gasteiger partial charge in [-0.25, -0.2) is 4.98 Å². The molecule has 140 valence electrons. The molecule has 1 atom stereocenters. The summed E-state index contributed by atoms with van der Waals surface area (Å²) in [4.78, 5) is 57.0. The van der Waals surface area contributed by atoms with Gasteiger partial charge in [-0.05, 0) is 0 Å². The summed E-state index contributed by atoms with van der Waals surface area (Å²) in [6.45, 7) is -0.129. The highest BCUT2D eigenvalue weighted by Crippen LogP contribution is 2.21. The maximum atomic E-state index is 12.2. The van der Waals surface area contributed by atoms with Crippen molar-refractivity contribution in [3.05, 3.63) is 66.7 Å². The van der Waals surface area contributed by atoms with Gasteiger partial charge in [0.15, 0.2) is 0 Å². The Balaban J connectivity index is 1.85. The molecule has 1 aromatic carbocycles. The van der Waals surface area contributed by atoms with E-state index in [-0.39, 0.29) is 35.2 Å². The predicted molar refractivity (Wildman–Crippen MR) is 94.0 cm³/mol. The lowest BCUT2D eigenvalue weighted by atomic mass is 10.1. The van der Waals surface area contributed by atoms with Crippen molar-refractivity contribution in [2.45, 2.75) is 19.0 Å². The lowest BCUT2D eigenvalue weighted by Gasteiger charge is -2.12.